The lowest BCUT2D eigenvalue weighted by atomic mass is 10.0. The first-order valence-corrected chi connectivity index (χ1v) is 11.9. The molecule has 27 heavy (non-hydrogen) atoms. The van der Waals surface area contributed by atoms with E-state index in [-0.39, 0.29) is 6.23 Å². The van der Waals surface area contributed by atoms with E-state index in [0.29, 0.717) is 4.48 Å². The number of aliphatic hydroxyl groups excluding tert-OH is 1. The molecule has 158 valence electrons. The molecule has 3 heteroatoms. The summed E-state index contributed by atoms with van der Waals surface area (Å²) in [6.45, 7) is 9.02. The number of hydrogen-bond acceptors (Lipinski definition) is 2. The highest BCUT2D eigenvalue weighted by Crippen LogP contribution is 2.20. The Labute approximate surface area is 169 Å². The van der Waals surface area contributed by atoms with Gasteiger partial charge >= 0.3 is 0 Å². The molecule has 0 saturated carbocycles. The third kappa shape index (κ3) is 9.38. The molecule has 0 aromatic rings. The number of likely N-dealkylation sites (N-methyl/N-ethyl adjacent to an activating group) is 1. The smallest absolute Gasteiger partial charge is 0.224 e. The monoisotopic (exact) mass is 379 g/mol. The Hall–Kier alpha value is -0.670. The van der Waals surface area contributed by atoms with Crippen molar-refractivity contribution in [1.82, 2.24) is 0 Å². The van der Waals surface area contributed by atoms with Crippen LogP contribution in [0.25, 0.3) is 0 Å². The molecule has 0 fully saturated rings. The van der Waals surface area contributed by atoms with Crippen molar-refractivity contribution in [3.8, 4) is 0 Å². The normalized spacial score (nSPS) is 21.1. The second-order valence-corrected chi connectivity index (χ2v) is 8.38. The quantitative estimate of drug-likeness (QED) is 0.224. The van der Waals surface area contributed by atoms with Crippen LogP contribution in [0.4, 0.5) is 0 Å². The fourth-order valence-corrected chi connectivity index (χ4v) is 4.23. The van der Waals surface area contributed by atoms with E-state index >= 15 is 0 Å². The minimum atomic E-state index is -0.364. The molecule has 3 nitrogen and oxygen atoms in total. The van der Waals surface area contributed by atoms with Crippen LogP contribution in [0.5, 0.6) is 0 Å². The van der Waals surface area contributed by atoms with Crippen molar-refractivity contribution in [2.75, 3.05) is 19.6 Å². The predicted octanol–water partition coefficient (Wildman–Crippen LogP) is 6.61. The van der Waals surface area contributed by atoms with E-state index in [2.05, 4.69) is 31.0 Å². The molecule has 2 atom stereocenters. The molecule has 0 aliphatic carbocycles. The Bertz CT molecular complexity index is 417. The first-order chi connectivity index (χ1) is 13.2. The number of hydrogen-bond donors (Lipinski definition) is 1. The summed E-state index contributed by atoms with van der Waals surface area (Å²) >= 11 is 0. The summed E-state index contributed by atoms with van der Waals surface area (Å²) in [7, 11) is 0. The van der Waals surface area contributed by atoms with Gasteiger partial charge in [-0.2, -0.15) is 0 Å². The number of aliphatic hydroxyl groups is 1. The van der Waals surface area contributed by atoms with Crippen molar-refractivity contribution in [3.05, 3.63) is 12.2 Å². The molecular formula is C24H47N2O+. The highest BCUT2D eigenvalue weighted by Gasteiger charge is 2.39. The average Bonchev–Trinajstić information content (AvgIpc) is 3.09. The predicted molar refractivity (Wildman–Crippen MR) is 119 cm³/mol. The van der Waals surface area contributed by atoms with E-state index in [4.69, 9.17) is 0 Å². The summed E-state index contributed by atoms with van der Waals surface area (Å²) in [4.78, 5) is 4.63. The third-order valence-corrected chi connectivity index (χ3v) is 6.25. The average molecular weight is 380 g/mol. The largest absolute Gasteiger partial charge is 0.345 e. The maximum atomic E-state index is 10.2. The van der Waals surface area contributed by atoms with Gasteiger partial charge in [0, 0.05) is 13.0 Å². The molecule has 2 unspecified atom stereocenters. The second kappa shape index (κ2) is 15.3. The van der Waals surface area contributed by atoms with Crippen molar-refractivity contribution >= 4 is 5.84 Å². The molecule has 0 aromatic carbocycles. The molecule has 0 radical (unpaired) electrons. The zero-order chi connectivity index (χ0) is 19.8. The van der Waals surface area contributed by atoms with Crippen LogP contribution >= 0.6 is 0 Å². The summed E-state index contributed by atoms with van der Waals surface area (Å²) in [6, 6.07) is 0. The van der Waals surface area contributed by atoms with Gasteiger partial charge in [0.05, 0.1) is 13.1 Å². The standard InChI is InChI=1S/C24H47N2O/c1-4-6-7-8-9-10-11-12-13-14-15-16-17-18-19-20-24-25-21-22-26(24,5-2)23(3)27/h19-20,23,27H,4-18,21-22H2,1-3H3/q+1. The summed E-state index contributed by atoms with van der Waals surface area (Å²) in [6.07, 6.45) is 23.5. The molecule has 1 N–H and O–H groups in total. The number of quaternary nitrogens is 1. The van der Waals surface area contributed by atoms with Crippen LogP contribution in [0.15, 0.2) is 17.1 Å². The van der Waals surface area contributed by atoms with Crippen LogP contribution in [0.3, 0.4) is 0 Å². The molecule has 1 aliphatic heterocycles. The van der Waals surface area contributed by atoms with Gasteiger partial charge in [0.25, 0.3) is 0 Å². The van der Waals surface area contributed by atoms with Crippen LogP contribution < -0.4 is 0 Å². The minimum Gasteiger partial charge on any atom is -0.345 e. The van der Waals surface area contributed by atoms with Gasteiger partial charge in [0.2, 0.25) is 5.84 Å². The number of allylic oxidation sites excluding steroid dienone is 1. The molecule has 1 rings (SSSR count). The minimum absolute atomic E-state index is 0.364. The SMILES string of the molecule is CCCCCCCCCCCCCCCC=CC1=NCC[N+]1(CC)C(C)O. The number of rotatable bonds is 17. The number of unbranched alkanes of at least 4 members (excludes halogenated alkanes) is 13. The highest BCUT2D eigenvalue weighted by atomic mass is 16.3. The molecule has 0 amide bonds. The van der Waals surface area contributed by atoms with E-state index in [1.807, 2.05) is 6.92 Å². The fraction of sp³-hybridized carbons (Fsp3) is 0.875. The highest BCUT2D eigenvalue weighted by molar-refractivity contribution is 5.88. The lowest BCUT2D eigenvalue weighted by molar-refractivity contribution is -0.880. The molecular weight excluding hydrogens is 332 g/mol. The first-order valence-electron chi connectivity index (χ1n) is 11.9. The summed E-state index contributed by atoms with van der Waals surface area (Å²) in [5.41, 5.74) is 0. The van der Waals surface area contributed by atoms with Crippen molar-refractivity contribution < 1.29 is 9.59 Å². The van der Waals surface area contributed by atoms with Gasteiger partial charge in [-0.3, -0.25) is 0 Å². The summed E-state index contributed by atoms with van der Waals surface area (Å²) < 4.78 is 0.634. The zero-order valence-corrected chi connectivity index (χ0v) is 18.6. The van der Waals surface area contributed by atoms with Crippen molar-refractivity contribution in [1.29, 1.82) is 0 Å². The number of nitrogens with zero attached hydrogens (tertiary/aromatic N) is 2. The van der Waals surface area contributed by atoms with Gasteiger partial charge in [-0.1, -0.05) is 90.0 Å². The topological polar surface area (TPSA) is 32.6 Å². The molecule has 1 aliphatic rings. The molecule has 0 spiro atoms. The van der Waals surface area contributed by atoms with Gasteiger partial charge in [0.1, 0.15) is 6.54 Å². The third-order valence-electron chi connectivity index (χ3n) is 6.25. The van der Waals surface area contributed by atoms with Crippen LogP contribution in [0.2, 0.25) is 0 Å². The Morgan fingerprint density at radius 2 is 1.41 bits per heavy atom. The van der Waals surface area contributed by atoms with E-state index in [1.165, 1.54) is 83.5 Å². The molecule has 1 heterocycles. The van der Waals surface area contributed by atoms with Crippen LogP contribution in [0, 0.1) is 0 Å². The van der Waals surface area contributed by atoms with Gasteiger partial charge in [-0.25, -0.2) is 9.48 Å². The summed E-state index contributed by atoms with van der Waals surface area (Å²) in [5, 5.41) is 10.2. The first kappa shape index (κ1) is 24.4. The fourth-order valence-electron chi connectivity index (χ4n) is 4.23. The van der Waals surface area contributed by atoms with Gasteiger partial charge in [-0.15, -0.1) is 0 Å². The second-order valence-electron chi connectivity index (χ2n) is 8.38. The summed E-state index contributed by atoms with van der Waals surface area (Å²) in [5.74, 6) is 1.07. The number of amidine groups is 1. The molecule has 0 aromatic heterocycles. The van der Waals surface area contributed by atoms with Crippen LogP contribution in [0.1, 0.15) is 111 Å². The van der Waals surface area contributed by atoms with Gasteiger partial charge < -0.3 is 5.11 Å². The van der Waals surface area contributed by atoms with Crippen LogP contribution in [-0.4, -0.2) is 41.3 Å². The maximum Gasteiger partial charge on any atom is 0.224 e. The van der Waals surface area contributed by atoms with Gasteiger partial charge in [-0.05, 0) is 19.8 Å². The molecule has 0 saturated heterocycles. The van der Waals surface area contributed by atoms with Crippen molar-refractivity contribution in [2.45, 2.75) is 117 Å². The van der Waals surface area contributed by atoms with E-state index in [9.17, 15) is 5.11 Å². The van der Waals surface area contributed by atoms with E-state index < -0.39 is 0 Å². The maximum absolute atomic E-state index is 10.2. The lowest BCUT2D eigenvalue weighted by Crippen LogP contribution is -2.56. The Kier molecular flexibility index (Phi) is 13.8. The van der Waals surface area contributed by atoms with Crippen LogP contribution in [-0.2, 0) is 0 Å². The van der Waals surface area contributed by atoms with Gasteiger partial charge in [0.15, 0.2) is 6.23 Å². The molecule has 0 bridgehead atoms. The Balaban J connectivity index is 1.96. The van der Waals surface area contributed by atoms with Crippen molar-refractivity contribution in [2.24, 2.45) is 4.99 Å². The Morgan fingerprint density at radius 3 is 1.89 bits per heavy atom. The Morgan fingerprint density at radius 1 is 0.889 bits per heavy atom. The van der Waals surface area contributed by atoms with E-state index in [0.717, 1.165) is 31.9 Å². The van der Waals surface area contributed by atoms with Crippen molar-refractivity contribution in [3.63, 3.8) is 0 Å². The zero-order valence-electron chi connectivity index (χ0n) is 18.6. The lowest BCUT2D eigenvalue weighted by Gasteiger charge is -2.35. The van der Waals surface area contributed by atoms with E-state index in [1.54, 1.807) is 0 Å². The number of aliphatic imine (C=N–C) groups is 1.